The van der Waals surface area contributed by atoms with Gasteiger partial charge in [0.2, 0.25) is 0 Å². The molecule has 0 spiro atoms. The Labute approximate surface area is 282 Å². The summed E-state index contributed by atoms with van der Waals surface area (Å²) >= 11 is 3.42. The number of nitrogens with one attached hydrogen (secondary N) is 1. The Morgan fingerprint density at radius 2 is 1.55 bits per heavy atom. The van der Waals surface area contributed by atoms with Crippen LogP contribution in [0.3, 0.4) is 0 Å². The molecule has 1 unspecified atom stereocenters. The number of carboxylic acid groups (broad SMARTS) is 2. The zero-order valence-corrected chi connectivity index (χ0v) is 26.6. The minimum absolute atomic E-state index is 0.222. The van der Waals surface area contributed by atoms with E-state index >= 15 is 0 Å². The lowest BCUT2D eigenvalue weighted by molar-refractivity contribution is -0.193. The van der Waals surface area contributed by atoms with Crippen LogP contribution in [0.15, 0.2) is 65.3 Å². The number of aliphatic carboxylic acids is 2. The van der Waals surface area contributed by atoms with Crippen LogP contribution in [-0.4, -0.2) is 105 Å². The molecule has 0 radical (unpaired) electrons. The number of nitrogens with zero attached hydrogens (tertiary/aromatic N) is 5. The molecule has 1 saturated heterocycles. The number of benzene rings is 2. The molecule has 3 heterocycles. The van der Waals surface area contributed by atoms with E-state index in [1.165, 1.54) is 0 Å². The number of ether oxygens (including phenoxy) is 1. The monoisotopic (exact) mass is 760 g/mol. The van der Waals surface area contributed by atoms with E-state index in [0.717, 1.165) is 53.2 Å². The molecule has 4 aromatic rings. The first kappa shape index (κ1) is 38.5. The summed E-state index contributed by atoms with van der Waals surface area (Å²) in [6.45, 7) is 4.07. The molecule has 2 aromatic carbocycles. The van der Waals surface area contributed by atoms with Crippen molar-refractivity contribution in [3.63, 3.8) is 0 Å². The van der Waals surface area contributed by atoms with Crippen molar-refractivity contribution in [2.75, 3.05) is 44.2 Å². The van der Waals surface area contributed by atoms with Crippen LogP contribution >= 0.6 is 15.9 Å². The Morgan fingerprint density at radius 3 is 2.10 bits per heavy atom. The summed E-state index contributed by atoms with van der Waals surface area (Å²) in [4.78, 5) is 34.4. The highest BCUT2D eigenvalue weighted by Gasteiger charge is 2.38. The number of carbonyl (C=O) groups is 2. The SMILES string of the molecule is N#Cc1ccccc1N1CCN(CC(O)COc2ccc(-c3nc4ncc(Br)cc4[nH]3)cc2)CC1.O=C(O)C(F)(F)F.O=C(O)C(F)(F)F. The number of aromatic amines is 1. The zero-order valence-electron chi connectivity index (χ0n) is 25.0. The molecule has 19 heteroatoms. The lowest BCUT2D eigenvalue weighted by atomic mass is 10.1. The predicted octanol–water partition coefficient (Wildman–Crippen LogP) is 5.09. The number of para-hydroxylation sites is 1. The van der Waals surface area contributed by atoms with Gasteiger partial charge in [-0.05, 0) is 58.4 Å². The first-order valence-corrected chi connectivity index (χ1v) is 14.8. The molecular weight excluding hydrogens is 734 g/mol. The number of β-amino-alcohol motifs (C(OH)–C–C–N with tert-alkyl or cyclic N) is 1. The van der Waals surface area contributed by atoms with E-state index in [-0.39, 0.29) is 6.61 Å². The van der Waals surface area contributed by atoms with Gasteiger partial charge in [-0.3, -0.25) is 4.90 Å². The normalized spacial score (nSPS) is 14.1. The van der Waals surface area contributed by atoms with Crippen molar-refractivity contribution in [1.29, 1.82) is 5.26 Å². The van der Waals surface area contributed by atoms with Gasteiger partial charge in [0.15, 0.2) is 5.65 Å². The van der Waals surface area contributed by atoms with Crippen molar-refractivity contribution in [3.05, 3.63) is 70.8 Å². The lowest BCUT2D eigenvalue weighted by Crippen LogP contribution is -2.49. The number of carboxylic acids is 2. The van der Waals surface area contributed by atoms with Crippen LogP contribution in [0.2, 0.25) is 0 Å². The maximum absolute atomic E-state index is 10.6. The highest BCUT2D eigenvalue weighted by molar-refractivity contribution is 9.10. The summed E-state index contributed by atoms with van der Waals surface area (Å²) in [7, 11) is 0. The summed E-state index contributed by atoms with van der Waals surface area (Å²) in [6, 6.07) is 19.5. The first-order chi connectivity index (χ1) is 23.0. The molecule has 4 N–H and O–H groups in total. The summed E-state index contributed by atoms with van der Waals surface area (Å²) in [5.41, 5.74) is 4.15. The highest BCUT2D eigenvalue weighted by Crippen LogP contribution is 2.24. The van der Waals surface area contributed by atoms with E-state index in [2.05, 4.69) is 46.8 Å². The Morgan fingerprint density at radius 1 is 0.980 bits per heavy atom. The minimum atomic E-state index is -5.08. The molecule has 49 heavy (non-hydrogen) atoms. The third-order valence-corrected chi connectivity index (χ3v) is 7.00. The number of aromatic nitrogens is 3. The fourth-order valence-electron chi connectivity index (χ4n) is 4.28. The van der Waals surface area contributed by atoms with Crippen LogP contribution in [0.25, 0.3) is 22.6 Å². The maximum atomic E-state index is 10.6. The molecule has 5 rings (SSSR count). The molecule has 0 bridgehead atoms. The molecule has 0 amide bonds. The van der Waals surface area contributed by atoms with Gasteiger partial charge in [-0.1, -0.05) is 12.1 Å². The third-order valence-electron chi connectivity index (χ3n) is 6.57. The average molecular weight is 761 g/mol. The van der Waals surface area contributed by atoms with Gasteiger partial charge in [0.1, 0.15) is 30.4 Å². The Hall–Kier alpha value is -4.93. The quantitative estimate of drug-likeness (QED) is 0.185. The van der Waals surface area contributed by atoms with E-state index in [1.807, 2.05) is 54.6 Å². The van der Waals surface area contributed by atoms with Crippen LogP contribution < -0.4 is 9.64 Å². The van der Waals surface area contributed by atoms with Gasteiger partial charge in [0, 0.05) is 49.0 Å². The molecule has 0 saturated carbocycles. The second-order valence-electron chi connectivity index (χ2n) is 10.1. The van der Waals surface area contributed by atoms with Gasteiger partial charge in [-0.15, -0.1) is 0 Å². The number of piperazine rings is 1. The lowest BCUT2D eigenvalue weighted by Gasteiger charge is -2.37. The number of alkyl halides is 6. The van der Waals surface area contributed by atoms with Gasteiger partial charge in [-0.2, -0.15) is 31.6 Å². The number of anilines is 1. The van der Waals surface area contributed by atoms with E-state index in [9.17, 15) is 36.7 Å². The molecule has 262 valence electrons. The number of hydrogen-bond acceptors (Lipinski definition) is 9. The fraction of sp³-hybridized carbons (Fsp3) is 0.300. The number of aliphatic hydroxyl groups is 1. The number of fused-ring (bicyclic) bond motifs is 1. The Bertz CT molecular complexity index is 1730. The molecule has 1 fully saturated rings. The third kappa shape index (κ3) is 11.9. The Kier molecular flexibility index (Phi) is 13.3. The molecule has 12 nitrogen and oxygen atoms in total. The summed E-state index contributed by atoms with van der Waals surface area (Å²) < 4.78 is 70.2. The largest absolute Gasteiger partial charge is 0.491 e. The molecule has 1 atom stereocenters. The van der Waals surface area contributed by atoms with E-state index in [0.29, 0.717) is 23.5 Å². The maximum Gasteiger partial charge on any atom is 0.490 e. The van der Waals surface area contributed by atoms with Gasteiger partial charge < -0.3 is 29.9 Å². The molecule has 0 aliphatic carbocycles. The Balaban J connectivity index is 0.000000392. The summed E-state index contributed by atoms with van der Waals surface area (Å²) in [5.74, 6) is -4.07. The van der Waals surface area contributed by atoms with Crippen molar-refractivity contribution in [3.8, 4) is 23.2 Å². The van der Waals surface area contributed by atoms with Crippen molar-refractivity contribution in [2.24, 2.45) is 0 Å². The van der Waals surface area contributed by atoms with E-state index < -0.39 is 30.4 Å². The molecule has 1 aliphatic heterocycles. The number of aliphatic hydroxyl groups excluding tert-OH is 1. The van der Waals surface area contributed by atoms with E-state index in [1.54, 1.807) is 6.20 Å². The second-order valence-corrected chi connectivity index (χ2v) is 11.0. The first-order valence-electron chi connectivity index (χ1n) is 14.0. The molecule has 1 aliphatic rings. The van der Waals surface area contributed by atoms with Gasteiger partial charge in [0.05, 0.1) is 16.8 Å². The van der Waals surface area contributed by atoms with Crippen LogP contribution in [-0.2, 0) is 9.59 Å². The van der Waals surface area contributed by atoms with Crippen LogP contribution in [0.4, 0.5) is 32.0 Å². The standard InChI is InChI=1S/C26H25BrN6O2.2C2HF3O2/c27-20-13-23-26(29-15-20)31-25(30-23)18-5-7-22(8-6-18)35-17-21(34)16-32-9-11-33(12-10-32)24-4-2-1-3-19(24)14-28;2*3-2(4,5)1(6)7/h1-8,13,15,21,34H,9-12,16-17H2,(H,29,30,31);2*(H,6,7). The molecule has 2 aromatic heterocycles. The zero-order chi connectivity index (χ0) is 36.4. The van der Waals surface area contributed by atoms with Gasteiger partial charge in [-0.25, -0.2) is 19.6 Å². The number of H-pyrrole nitrogens is 1. The number of hydrogen-bond donors (Lipinski definition) is 4. The van der Waals surface area contributed by atoms with Crippen LogP contribution in [0, 0.1) is 11.3 Å². The number of nitriles is 1. The topological polar surface area (TPSA) is 176 Å². The fourth-order valence-corrected chi connectivity index (χ4v) is 4.61. The van der Waals surface area contributed by atoms with Crippen molar-refractivity contribution in [2.45, 2.75) is 18.5 Å². The van der Waals surface area contributed by atoms with E-state index in [4.69, 9.17) is 24.5 Å². The van der Waals surface area contributed by atoms with Crippen molar-refractivity contribution < 1.29 is 56.0 Å². The van der Waals surface area contributed by atoms with Gasteiger partial charge >= 0.3 is 24.3 Å². The second kappa shape index (κ2) is 16.9. The number of pyridine rings is 1. The number of rotatable bonds is 7. The van der Waals surface area contributed by atoms with Crippen molar-refractivity contribution >= 4 is 44.7 Å². The van der Waals surface area contributed by atoms with Crippen molar-refractivity contribution in [1.82, 2.24) is 19.9 Å². The van der Waals surface area contributed by atoms with Gasteiger partial charge in [0.25, 0.3) is 0 Å². The smallest absolute Gasteiger partial charge is 0.490 e. The summed E-state index contributed by atoms with van der Waals surface area (Å²) in [6.07, 6.45) is -9.03. The minimum Gasteiger partial charge on any atom is -0.491 e. The average Bonchev–Trinajstić information content (AvgIpc) is 3.47. The molecular formula is C30H27BrF6N6O6. The number of halogens is 7. The summed E-state index contributed by atoms with van der Waals surface area (Å²) in [5, 5.41) is 34.1. The highest BCUT2D eigenvalue weighted by atomic mass is 79.9. The van der Waals surface area contributed by atoms with Crippen LogP contribution in [0.5, 0.6) is 5.75 Å². The number of imidazole rings is 1. The van der Waals surface area contributed by atoms with Crippen LogP contribution in [0.1, 0.15) is 5.56 Å². The predicted molar refractivity (Wildman–Crippen MR) is 166 cm³/mol.